The molecule has 3 nitrogen and oxygen atoms in total. The molecule has 2 rings (SSSR count). The van der Waals surface area contributed by atoms with E-state index in [2.05, 4.69) is 31.7 Å². The Morgan fingerprint density at radius 1 is 1.00 bits per heavy atom. The number of hydrogen-bond donors (Lipinski definition) is 0. The Kier molecular flexibility index (Phi) is 7.15. The molecule has 0 heterocycles. The highest BCUT2D eigenvalue weighted by Gasteiger charge is 2.12. The third-order valence-corrected chi connectivity index (χ3v) is 4.05. The molecule has 132 valence electrons. The van der Waals surface area contributed by atoms with E-state index in [-0.39, 0.29) is 5.92 Å². The van der Waals surface area contributed by atoms with Crippen LogP contribution in [-0.2, 0) is 0 Å². The lowest BCUT2D eigenvalue weighted by Crippen LogP contribution is -1.98. The second kappa shape index (κ2) is 9.58. The maximum Gasteiger partial charge on any atom is 0.126 e. The summed E-state index contributed by atoms with van der Waals surface area (Å²) < 4.78 is 16.3. The van der Waals surface area contributed by atoms with Crippen molar-refractivity contribution in [2.24, 2.45) is 0 Å². The Labute approximate surface area is 150 Å². The molecule has 2 aromatic carbocycles. The van der Waals surface area contributed by atoms with Gasteiger partial charge in [0, 0.05) is 17.5 Å². The van der Waals surface area contributed by atoms with Gasteiger partial charge >= 0.3 is 0 Å². The molecule has 2 aromatic rings. The highest BCUT2D eigenvalue weighted by Crippen LogP contribution is 2.33. The van der Waals surface area contributed by atoms with Gasteiger partial charge in [-0.3, -0.25) is 0 Å². The Bertz CT molecular complexity index is 702. The summed E-state index contributed by atoms with van der Waals surface area (Å²) in [6, 6.07) is 14.0. The minimum atomic E-state index is 0.276. The van der Waals surface area contributed by atoms with Gasteiger partial charge in [-0.05, 0) is 30.2 Å². The van der Waals surface area contributed by atoms with E-state index in [0.29, 0.717) is 6.61 Å². The Morgan fingerprint density at radius 2 is 1.72 bits per heavy atom. The number of ether oxygens (including phenoxy) is 3. The molecule has 0 saturated heterocycles. The Balaban J connectivity index is 2.16. The van der Waals surface area contributed by atoms with Crippen molar-refractivity contribution in [2.75, 3.05) is 20.8 Å². The summed E-state index contributed by atoms with van der Waals surface area (Å²) in [5, 5.41) is 0. The molecule has 0 bridgehead atoms. The molecular formula is C22H26O3. The molecule has 0 aromatic heterocycles. The highest BCUT2D eigenvalue weighted by molar-refractivity contribution is 5.53. The lowest BCUT2D eigenvalue weighted by molar-refractivity contribution is 0.363. The van der Waals surface area contributed by atoms with Crippen molar-refractivity contribution in [3.05, 3.63) is 72.3 Å². The summed E-state index contributed by atoms with van der Waals surface area (Å²) in [5.74, 6) is 2.78. The van der Waals surface area contributed by atoms with Crippen LogP contribution in [0.3, 0.4) is 0 Å². The van der Waals surface area contributed by atoms with E-state index in [4.69, 9.17) is 14.2 Å². The van der Waals surface area contributed by atoms with Gasteiger partial charge in [-0.15, -0.1) is 0 Å². The van der Waals surface area contributed by atoms with Crippen LogP contribution in [0.5, 0.6) is 17.2 Å². The van der Waals surface area contributed by atoms with Crippen molar-refractivity contribution in [3.8, 4) is 17.2 Å². The maximum absolute atomic E-state index is 5.54. The van der Waals surface area contributed by atoms with Gasteiger partial charge in [0.1, 0.15) is 23.9 Å². The third kappa shape index (κ3) is 5.15. The predicted octanol–water partition coefficient (Wildman–Crippen LogP) is 5.48. The molecule has 0 fully saturated rings. The van der Waals surface area contributed by atoms with Crippen LogP contribution in [-0.4, -0.2) is 20.8 Å². The van der Waals surface area contributed by atoms with E-state index in [1.165, 1.54) is 0 Å². The minimum Gasteiger partial charge on any atom is -0.497 e. The van der Waals surface area contributed by atoms with Gasteiger partial charge in [-0.25, -0.2) is 0 Å². The summed E-state index contributed by atoms with van der Waals surface area (Å²) in [6.45, 7) is 6.34. The van der Waals surface area contributed by atoms with Gasteiger partial charge in [0.15, 0.2) is 0 Å². The van der Waals surface area contributed by atoms with Gasteiger partial charge < -0.3 is 14.2 Å². The first-order chi connectivity index (χ1) is 12.2. The van der Waals surface area contributed by atoms with Crippen LogP contribution in [0.1, 0.15) is 30.4 Å². The second-order valence-electron chi connectivity index (χ2n) is 5.65. The van der Waals surface area contributed by atoms with E-state index in [1.807, 2.05) is 36.4 Å². The number of allylic oxidation sites excluding steroid dienone is 1. The van der Waals surface area contributed by atoms with Crippen LogP contribution in [0, 0.1) is 0 Å². The number of benzene rings is 2. The van der Waals surface area contributed by atoms with Gasteiger partial charge in [-0.1, -0.05) is 49.9 Å². The van der Waals surface area contributed by atoms with E-state index < -0.39 is 0 Å². The van der Waals surface area contributed by atoms with E-state index >= 15 is 0 Å². The second-order valence-corrected chi connectivity index (χ2v) is 5.65. The van der Waals surface area contributed by atoms with E-state index in [9.17, 15) is 0 Å². The van der Waals surface area contributed by atoms with Gasteiger partial charge in [-0.2, -0.15) is 0 Å². The zero-order valence-electron chi connectivity index (χ0n) is 15.2. The van der Waals surface area contributed by atoms with Crippen molar-refractivity contribution in [2.45, 2.75) is 19.3 Å². The van der Waals surface area contributed by atoms with Crippen molar-refractivity contribution in [1.82, 2.24) is 0 Å². The fraction of sp³-hybridized carbons (Fsp3) is 0.273. The monoisotopic (exact) mass is 338 g/mol. The number of rotatable bonds is 9. The summed E-state index contributed by atoms with van der Waals surface area (Å²) in [7, 11) is 3.35. The summed E-state index contributed by atoms with van der Waals surface area (Å²) in [4.78, 5) is 0. The Morgan fingerprint density at radius 3 is 2.32 bits per heavy atom. The average Bonchev–Trinajstić information content (AvgIpc) is 2.67. The molecule has 0 aliphatic carbocycles. The molecule has 0 aliphatic heterocycles. The lowest BCUT2D eigenvalue weighted by Gasteiger charge is -2.16. The number of hydrogen-bond acceptors (Lipinski definition) is 3. The molecule has 0 amide bonds. The molecule has 0 spiro atoms. The van der Waals surface area contributed by atoms with Crippen molar-refractivity contribution in [3.63, 3.8) is 0 Å². The first-order valence-electron chi connectivity index (χ1n) is 8.45. The first-order valence-corrected chi connectivity index (χ1v) is 8.45. The third-order valence-electron chi connectivity index (χ3n) is 4.05. The molecular weight excluding hydrogens is 312 g/mol. The maximum atomic E-state index is 5.54. The quantitative estimate of drug-likeness (QED) is 0.567. The predicted molar refractivity (Wildman–Crippen MR) is 104 cm³/mol. The van der Waals surface area contributed by atoms with Crippen molar-refractivity contribution < 1.29 is 14.2 Å². The Hall–Kier alpha value is -2.68. The zero-order chi connectivity index (χ0) is 18.1. The SMILES string of the molecule is C=CCOc1ccc(/C=C/C(CC)c2ccc(OC)cc2OC)cc1. The molecule has 0 N–H and O–H groups in total. The largest absolute Gasteiger partial charge is 0.497 e. The van der Waals surface area contributed by atoms with Crippen molar-refractivity contribution in [1.29, 1.82) is 0 Å². The summed E-state index contributed by atoms with van der Waals surface area (Å²) in [5.41, 5.74) is 2.30. The van der Waals surface area contributed by atoms with Crippen LogP contribution < -0.4 is 14.2 Å². The molecule has 0 saturated carbocycles. The average molecular weight is 338 g/mol. The topological polar surface area (TPSA) is 27.7 Å². The van der Waals surface area contributed by atoms with Gasteiger partial charge in [0.05, 0.1) is 14.2 Å². The van der Waals surface area contributed by atoms with Crippen molar-refractivity contribution >= 4 is 6.08 Å². The number of methoxy groups -OCH3 is 2. The molecule has 0 aliphatic rings. The van der Waals surface area contributed by atoms with Gasteiger partial charge in [0.25, 0.3) is 0 Å². The normalized spacial score (nSPS) is 12.0. The summed E-state index contributed by atoms with van der Waals surface area (Å²) in [6.07, 6.45) is 7.07. The molecule has 1 atom stereocenters. The fourth-order valence-corrected chi connectivity index (χ4v) is 2.64. The minimum absolute atomic E-state index is 0.276. The van der Waals surface area contributed by atoms with Crippen LogP contribution in [0.15, 0.2) is 61.2 Å². The lowest BCUT2D eigenvalue weighted by atomic mass is 9.94. The van der Waals surface area contributed by atoms with E-state index in [1.54, 1.807) is 20.3 Å². The summed E-state index contributed by atoms with van der Waals surface area (Å²) >= 11 is 0. The standard InChI is InChI=1S/C22H26O3/c1-5-15-25-19-11-8-17(9-12-19)7-10-18(6-2)21-14-13-20(23-3)16-22(21)24-4/h5,7-14,16,18H,1,6,15H2,2-4H3/b10-7+. The van der Waals surface area contributed by atoms with Crippen LogP contribution >= 0.6 is 0 Å². The molecule has 25 heavy (non-hydrogen) atoms. The molecule has 1 unspecified atom stereocenters. The van der Waals surface area contributed by atoms with Crippen LogP contribution in [0.4, 0.5) is 0 Å². The van der Waals surface area contributed by atoms with Crippen LogP contribution in [0.25, 0.3) is 6.08 Å². The first kappa shape index (κ1) is 18.7. The smallest absolute Gasteiger partial charge is 0.126 e. The highest BCUT2D eigenvalue weighted by atomic mass is 16.5. The molecule has 0 radical (unpaired) electrons. The molecule has 3 heteroatoms. The van der Waals surface area contributed by atoms with Gasteiger partial charge in [0.2, 0.25) is 0 Å². The fourth-order valence-electron chi connectivity index (χ4n) is 2.64. The van der Waals surface area contributed by atoms with E-state index in [0.717, 1.165) is 34.8 Å². The zero-order valence-corrected chi connectivity index (χ0v) is 15.2. The van der Waals surface area contributed by atoms with Crippen LogP contribution in [0.2, 0.25) is 0 Å².